The molecule has 2 aliphatic heterocycles. The molecule has 2 atom stereocenters. The van der Waals surface area contributed by atoms with Gasteiger partial charge in [0.25, 0.3) is 0 Å². The summed E-state index contributed by atoms with van der Waals surface area (Å²) in [6.45, 7) is 0. The highest BCUT2D eigenvalue weighted by molar-refractivity contribution is 8.16. The number of rotatable bonds is 4. The summed E-state index contributed by atoms with van der Waals surface area (Å²) >= 11 is 7.42. The molecule has 1 amide bonds. The third kappa shape index (κ3) is 4.35. The Kier molecular flexibility index (Phi) is 5.54. The first-order valence-corrected chi connectivity index (χ1v) is 12.5. The van der Waals surface area contributed by atoms with Gasteiger partial charge in [0.15, 0.2) is 15.0 Å². The zero-order chi connectivity index (χ0) is 19.0. The predicted molar refractivity (Wildman–Crippen MR) is 111 cm³/mol. The van der Waals surface area contributed by atoms with Crippen LogP contribution in [0.5, 0.6) is 0 Å². The number of nitrogens with zero attached hydrogens (tertiary/aromatic N) is 2. The molecule has 2 heterocycles. The molecule has 2 saturated heterocycles. The van der Waals surface area contributed by atoms with Gasteiger partial charge in [0, 0.05) is 22.4 Å². The van der Waals surface area contributed by atoms with E-state index < -0.39 is 9.84 Å². The number of amidine groups is 1. The summed E-state index contributed by atoms with van der Waals surface area (Å²) in [5.74, 6) is 0.790. The Hall–Kier alpha value is -1.05. The van der Waals surface area contributed by atoms with Gasteiger partial charge in [-0.05, 0) is 36.6 Å². The van der Waals surface area contributed by atoms with E-state index in [0.717, 1.165) is 12.1 Å². The van der Waals surface area contributed by atoms with E-state index in [9.17, 15) is 13.2 Å². The van der Waals surface area contributed by atoms with Crippen molar-refractivity contribution in [3.8, 4) is 0 Å². The quantitative estimate of drug-likeness (QED) is 0.730. The van der Waals surface area contributed by atoms with E-state index in [0.29, 0.717) is 22.5 Å². The van der Waals surface area contributed by atoms with Crippen LogP contribution in [-0.4, -0.2) is 42.3 Å². The third-order valence-corrected chi connectivity index (χ3v) is 9.09. The smallest absolute Gasteiger partial charge is 0.248 e. The van der Waals surface area contributed by atoms with Gasteiger partial charge in [0.1, 0.15) is 0 Å². The van der Waals surface area contributed by atoms with Crippen LogP contribution in [0, 0.1) is 5.92 Å². The fourth-order valence-electron chi connectivity index (χ4n) is 4.26. The van der Waals surface area contributed by atoms with Crippen LogP contribution in [0.2, 0.25) is 5.02 Å². The predicted octanol–water partition coefficient (Wildman–Crippen LogP) is 3.91. The van der Waals surface area contributed by atoms with Crippen LogP contribution >= 0.6 is 23.4 Å². The lowest BCUT2D eigenvalue weighted by Gasteiger charge is -2.24. The summed E-state index contributed by atoms with van der Waals surface area (Å²) in [7, 11) is -3.06. The Balaban J connectivity index is 1.54. The molecule has 1 aromatic rings. The number of aliphatic imine (C=N–C) groups is 1. The fourth-order valence-corrected chi connectivity index (χ4v) is 8.31. The van der Waals surface area contributed by atoms with Crippen LogP contribution in [0.15, 0.2) is 29.3 Å². The average Bonchev–Trinajstić information content (AvgIpc) is 3.29. The lowest BCUT2D eigenvalue weighted by Crippen LogP contribution is -2.37. The van der Waals surface area contributed by atoms with E-state index in [-0.39, 0.29) is 28.7 Å². The first-order chi connectivity index (χ1) is 12.9. The van der Waals surface area contributed by atoms with E-state index >= 15 is 0 Å². The molecule has 1 aromatic carbocycles. The number of sulfone groups is 1. The van der Waals surface area contributed by atoms with E-state index in [2.05, 4.69) is 4.99 Å². The molecule has 3 aliphatic rings. The maximum atomic E-state index is 12.5. The summed E-state index contributed by atoms with van der Waals surface area (Å²) in [4.78, 5) is 18.8. The second kappa shape index (κ2) is 7.76. The molecule has 0 unspecified atom stereocenters. The highest BCUT2D eigenvalue weighted by Crippen LogP contribution is 2.41. The van der Waals surface area contributed by atoms with Crippen LogP contribution in [0.1, 0.15) is 38.5 Å². The molecule has 5 nitrogen and oxygen atoms in total. The molecule has 4 rings (SSSR count). The van der Waals surface area contributed by atoms with Crippen molar-refractivity contribution < 1.29 is 13.2 Å². The normalized spacial score (nSPS) is 28.8. The maximum absolute atomic E-state index is 12.5. The largest absolute Gasteiger partial charge is 0.316 e. The maximum Gasteiger partial charge on any atom is 0.248 e. The molecule has 0 spiro atoms. The molecule has 0 bridgehead atoms. The van der Waals surface area contributed by atoms with E-state index in [1.165, 1.54) is 37.4 Å². The topological polar surface area (TPSA) is 66.8 Å². The summed E-state index contributed by atoms with van der Waals surface area (Å²) in [6.07, 6.45) is 6.35. The molecule has 1 saturated carbocycles. The molecular weight excluding hydrogens is 404 g/mol. The van der Waals surface area contributed by atoms with Gasteiger partial charge in [-0.3, -0.25) is 4.79 Å². The van der Waals surface area contributed by atoms with E-state index in [1.54, 1.807) is 12.1 Å². The Labute approximate surface area is 169 Å². The Morgan fingerprint density at radius 3 is 2.59 bits per heavy atom. The number of hydrogen-bond donors (Lipinski definition) is 0. The van der Waals surface area contributed by atoms with E-state index in [4.69, 9.17) is 11.6 Å². The average molecular weight is 427 g/mol. The number of benzene rings is 1. The zero-order valence-electron chi connectivity index (χ0n) is 15.0. The van der Waals surface area contributed by atoms with Gasteiger partial charge in [0.05, 0.1) is 17.5 Å². The summed E-state index contributed by atoms with van der Waals surface area (Å²) < 4.78 is 24.2. The van der Waals surface area contributed by atoms with Crippen molar-refractivity contribution in [2.45, 2.75) is 49.8 Å². The lowest BCUT2D eigenvalue weighted by atomic mass is 10.0. The van der Waals surface area contributed by atoms with E-state index in [1.807, 2.05) is 17.0 Å². The first kappa shape index (κ1) is 19.3. The number of hydrogen-bond acceptors (Lipinski definition) is 4. The number of halogens is 1. The van der Waals surface area contributed by atoms with Crippen molar-refractivity contribution in [2.75, 3.05) is 16.4 Å². The van der Waals surface area contributed by atoms with Crippen LogP contribution in [0.4, 0.5) is 5.69 Å². The summed E-state index contributed by atoms with van der Waals surface area (Å²) in [6, 6.07) is 7.08. The molecule has 8 heteroatoms. The minimum absolute atomic E-state index is 0.0768. The second-order valence-electron chi connectivity index (χ2n) is 7.62. The van der Waals surface area contributed by atoms with Gasteiger partial charge in [-0.15, -0.1) is 0 Å². The van der Waals surface area contributed by atoms with Crippen molar-refractivity contribution in [1.29, 1.82) is 0 Å². The second-order valence-corrected chi connectivity index (χ2v) is 11.4. The number of fused-ring (bicyclic) bond motifs is 1. The molecule has 0 radical (unpaired) electrons. The van der Waals surface area contributed by atoms with Gasteiger partial charge < -0.3 is 4.90 Å². The van der Waals surface area contributed by atoms with Crippen molar-refractivity contribution in [3.05, 3.63) is 29.3 Å². The standard InChI is InChI=1S/C19H23ClN2O3S2/c20-14-6-8-15(9-7-14)22-16-11-27(24,25)12-17(16)26-19(22)21-18(23)10-5-13-3-1-2-4-13/h6-9,13,16-17H,1-5,10-12H2/t16-,17-/m0/s1. The van der Waals surface area contributed by atoms with Gasteiger partial charge in [-0.25, -0.2) is 8.42 Å². The Bertz CT molecular complexity index is 848. The van der Waals surface area contributed by atoms with Gasteiger partial charge in [-0.2, -0.15) is 4.99 Å². The number of carbonyl (C=O) groups is 1. The number of amides is 1. The van der Waals surface area contributed by atoms with Crippen molar-refractivity contribution in [1.82, 2.24) is 0 Å². The SMILES string of the molecule is O=C(CCC1CCCC1)N=C1S[C@H]2CS(=O)(=O)C[C@@H]2N1c1ccc(Cl)cc1. The zero-order valence-corrected chi connectivity index (χ0v) is 17.4. The highest BCUT2D eigenvalue weighted by Gasteiger charge is 2.49. The van der Waals surface area contributed by atoms with Crippen molar-refractivity contribution in [2.24, 2.45) is 10.9 Å². The number of thioether (sulfide) groups is 1. The molecule has 27 heavy (non-hydrogen) atoms. The van der Waals surface area contributed by atoms with Crippen LogP contribution in [0.3, 0.4) is 0 Å². The van der Waals surface area contributed by atoms with Crippen molar-refractivity contribution in [3.63, 3.8) is 0 Å². The lowest BCUT2D eigenvalue weighted by molar-refractivity contribution is -0.118. The first-order valence-electron chi connectivity index (χ1n) is 9.45. The highest BCUT2D eigenvalue weighted by atomic mass is 35.5. The Morgan fingerprint density at radius 1 is 1.19 bits per heavy atom. The number of carbonyl (C=O) groups excluding carboxylic acids is 1. The molecule has 0 aromatic heterocycles. The third-order valence-electron chi connectivity index (χ3n) is 5.63. The van der Waals surface area contributed by atoms with Gasteiger partial charge >= 0.3 is 0 Å². The summed E-state index contributed by atoms with van der Waals surface area (Å²) in [5.41, 5.74) is 0.832. The molecular formula is C19H23ClN2O3S2. The monoisotopic (exact) mass is 426 g/mol. The fraction of sp³-hybridized carbons (Fsp3) is 0.579. The minimum Gasteiger partial charge on any atom is -0.316 e. The molecule has 0 N–H and O–H groups in total. The van der Waals surface area contributed by atoms with Crippen molar-refractivity contribution >= 4 is 50.0 Å². The molecule has 146 valence electrons. The van der Waals surface area contributed by atoms with Crippen LogP contribution in [0.25, 0.3) is 0 Å². The van der Waals surface area contributed by atoms with Gasteiger partial charge in [-0.1, -0.05) is 49.0 Å². The van der Waals surface area contributed by atoms with Crippen LogP contribution in [-0.2, 0) is 14.6 Å². The summed E-state index contributed by atoms with van der Waals surface area (Å²) in [5, 5.41) is 1.16. The molecule has 1 aliphatic carbocycles. The molecule has 3 fully saturated rings. The number of anilines is 1. The minimum atomic E-state index is -3.06. The van der Waals surface area contributed by atoms with Gasteiger partial charge in [0.2, 0.25) is 5.91 Å². The van der Waals surface area contributed by atoms with Crippen LogP contribution < -0.4 is 4.90 Å². The Morgan fingerprint density at radius 2 is 1.89 bits per heavy atom.